The second-order valence-corrected chi connectivity index (χ2v) is 10.7. The summed E-state index contributed by atoms with van der Waals surface area (Å²) in [4.78, 5) is 32.8. The van der Waals surface area contributed by atoms with E-state index in [1.165, 1.54) is 35.8 Å². The molecule has 0 aliphatic carbocycles. The van der Waals surface area contributed by atoms with E-state index in [-0.39, 0.29) is 16.3 Å². The van der Waals surface area contributed by atoms with Gasteiger partial charge in [-0.1, -0.05) is 29.8 Å². The minimum absolute atomic E-state index is 0.0176. The summed E-state index contributed by atoms with van der Waals surface area (Å²) in [5.74, 6) is -1.10. The summed E-state index contributed by atoms with van der Waals surface area (Å²) in [7, 11) is -4.01. The molecule has 0 atom stereocenters. The number of hydrogen-bond acceptors (Lipinski definition) is 7. The predicted octanol–water partition coefficient (Wildman–Crippen LogP) is 4.99. The summed E-state index contributed by atoms with van der Waals surface area (Å²) >= 11 is 6.33. The molecule has 40 heavy (non-hydrogen) atoms. The van der Waals surface area contributed by atoms with Crippen LogP contribution in [-0.2, 0) is 14.8 Å². The molecule has 0 radical (unpaired) electrons. The van der Waals surface area contributed by atoms with E-state index in [0.29, 0.717) is 38.8 Å². The molecular weight excluding hydrogens is 554 g/mol. The van der Waals surface area contributed by atoms with Crippen LogP contribution in [0.4, 0.5) is 11.5 Å². The SMILES string of the molecule is Cc1cc(/C=C/C(=O)NO)ccc1S(=O)(=O)Nc1ccc(C(=O)Nc2ccc(Cl)c(-c3ccccn3)c2)c(C)n1. The van der Waals surface area contributed by atoms with Crippen molar-refractivity contribution >= 4 is 51.0 Å². The Kier molecular flexibility index (Phi) is 8.58. The minimum Gasteiger partial charge on any atom is -0.322 e. The van der Waals surface area contributed by atoms with Crippen molar-refractivity contribution < 1.29 is 23.2 Å². The maximum Gasteiger partial charge on any atom is 0.267 e. The lowest BCUT2D eigenvalue weighted by Crippen LogP contribution is -2.18. The number of hydrogen-bond donors (Lipinski definition) is 4. The van der Waals surface area contributed by atoms with Gasteiger partial charge in [0.15, 0.2) is 0 Å². The van der Waals surface area contributed by atoms with Gasteiger partial charge in [0, 0.05) is 23.5 Å². The highest BCUT2D eigenvalue weighted by atomic mass is 35.5. The van der Waals surface area contributed by atoms with Crippen LogP contribution in [0.25, 0.3) is 17.3 Å². The van der Waals surface area contributed by atoms with Gasteiger partial charge in [-0.15, -0.1) is 0 Å². The molecule has 2 aromatic heterocycles. The molecule has 2 amide bonds. The number of sulfonamides is 1. The molecule has 0 fully saturated rings. The van der Waals surface area contributed by atoms with E-state index < -0.39 is 21.8 Å². The molecular formula is C28H24ClN5O5S. The average Bonchev–Trinajstić information content (AvgIpc) is 2.92. The van der Waals surface area contributed by atoms with Gasteiger partial charge >= 0.3 is 0 Å². The summed E-state index contributed by atoms with van der Waals surface area (Å²) in [6, 6.07) is 17.9. The van der Waals surface area contributed by atoms with Crippen molar-refractivity contribution in [2.24, 2.45) is 0 Å². The largest absolute Gasteiger partial charge is 0.322 e. The Hall–Kier alpha value is -4.58. The lowest BCUT2D eigenvalue weighted by molar-refractivity contribution is -0.124. The second kappa shape index (κ2) is 12.1. The number of carbonyl (C=O) groups is 2. The van der Waals surface area contributed by atoms with Crippen molar-refractivity contribution in [3.63, 3.8) is 0 Å². The zero-order valence-electron chi connectivity index (χ0n) is 21.3. The van der Waals surface area contributed by atoms with E-state index in [4.69, 9.17) is 16.8 Å². The number of amides is 2. The molecule has 4 N–H and O–H groups in total. The van der Waals surface area contributed by atoms with Crippen LogP contribution in [0.2, 0.25) is 5.02 Å². The first-order chi connectivity index (χ1) is 19.1. The number of aromatic nitrogens is 2. The summed E-state index contributed by atoms with van der Waals surface area (Å²) in [5, 5.41) is 11.9. The average molecular weight is 578 g/mol. The number of aryl methyl sites for hydroxylation is 2. The van der Waals surface area contributed by atoms with Crippen LogP contribution >= 0.6 is 11.6 Å². The highest BCUT2D eigenvalue weighted by molar-refractivity contribution is 7.92. The van der Waals surface area contributed by atoms with Crippen LogP contribution in [-0.4, -0.2) is 35.4 Å². The number of pyridine rings is 2. The molecule has 0 saturated carbocycles. The lowest BCUT2D eigenvalue weighted by Gasteiger charge is -2.13. The van der Waals surface area contributed by atoms with Crippen molar-refractivity contribution in [2.45, 2.75) is 18.7 Å². The number of halogens is 1. The fourth-order valence-corrected chi connectivity index (χ4v) is 5.30. The molecule has 0 saturated heterocycles. The van der Waals surface area contributed by atoms with Crippen LogP contribution in [0.5, 0.6) is 0 Å². The highest BCUT2D eigenvalue weighted by Crippen LogP contribution is 2.29. The van der Waals surface area contributed by atoms with Crippen molar-refractivity contribution in [1.82, 2.24) is 15.4 Å². The Bertz CT molecular complexity index is 1730. The van der Waals surface area contributed by atoms with Gasteiger partial charge in [0.05, 0.1) is 26.9 Å². The summed E-state index contributed by atoms with van der Waals surface area (Å²) in [6.45, 7) is 3.21. The number of benzene rings is 2. The maximum absolute atomic E-state index is 13.0. The molecule has 0 aliphatic heterocycles. The molecule has 2 heterocycles. The number of hydroxylamine groups is 1. The molecule has 0 bridgehead atoms. The summed E-state index contributed by atoms with van der Waals surface area (Å²) in [5.41, 5.74) is 4.88. The number of anilines is 2. The van der Waals surface area contributed by atoms with Gasteiger partial charge in [0.25, 0.3) is 21.8 Å². The normalized spacial score (nSPS) is 11.3. The third-order valence-electron chi connectivity index (χ3n) is 5.76. The van der Waals surface area contributed by atoms with Gasteiger partial charge in [0.2, 0.25) is 0 Å². The molecule has 10 nitrogen and oxygen atoms in total. The number of rotatable bonds is 8. The summed E-state index contributed by atoms with van der Waals surface area (Å²) < 4.78 is 28.5. The van der Waals surface area contributed by atoms with Gasteiger partial charge in [-0.05, 0) is 79.6 Å². The fourth-order valence-electron chi connectivity index (χ4n) is 3.86. The third kappa shape index (κ3) is 6.70. The van der Waals surface area contributed by atoms with Crippen LogP contribution in [0, 0.1) is 13.8 Å². The van der Waals surface area contributed by atoms with Crippen LogP contribution in [0.3, 0.4) is 0 Å². The van der Waals surface area contributed by atoms with Gasteiger partial charge in [-0.3, -0.25) is 24.5 Å². The third-order valence-corrected chi connectivity index (χ3v) is 7.60. The van der Waals surface area contributed by atoms with E-state index in [9.17, 15) is 18.0 Å². The molecule has 4 rings (SSSR count). The monoisotopic (exact) mass is 577 g/mol. The predicted molar refractivity (Wildman–Crippen MR) is 153 cm³/mol. The Morgan fingerprint density at radius 3 is 2.48 bits per heavy atom. The molecule has 0 spiro atoms. The Morgan fingerprint density at radius 2 is 1.80 bits per heavy atom. The van der Waals surface area contributed by atoms with Crippen molar-refractivity contribution in [2.75, 3.05) is 10.0 Å². The number of nitrogens with zero attached hydrogens (tertiary/aromatic N) is 2. The van der Waals surface area contributed by atoms with Crippen molar-refractivity contribution in [3.8, 4) is 11.3 Å². The van der Waals surface area contributed by atoms with Gasteiger partial charge < -0.3 is 5.32 Å². The van der Waals surface area contributed by atoms with Crippen LogP contribution in [0.15, 0.2) is 83.9 Å². The standard InChI is InChI=1S/C28H24ClN5O5S/c1-17-15-19(7-13-27(35)33-37)6-11-25(17)40(38,39)34-26-12-9-21(18(2)31-26)28(36)32-20-8-10-23(29)22(16-20)24-5-3-4-14-30-24/h3-16,37H,1-2H3,(H,31,34)(H,32,36)(H,33,35)/b13-7+. The zero-order valence-corrected chi connectivity index (χ0v) is 22.9. The number of nitrogens with one attached hydrogen (secondary N) is 3. The van der Waals surface area contributed by atoms with E-state index >= 15 is 0 Å². The van der Waals surface area contributed by atoms with Crippen molar-refractivity contribution in [1.29, 1.82) is 0 Å². The zero-order chi connectivity index (χ0) is 28.9. The topological polar surface area (TPSA) is 150 Å². The minimum atomic E-state index is -4.01. The molecule has 204 valence electrons. The Labute approximate surface area is 235 Å². The fraction of sp³-hybridized carbons (Fsp3) is 0.0714. The van der Waals surface area contributed by atoms with E-state index in [1.807, 2.05) is 12.1 Å². The molecule has 0 aliphatic rings. The van der Waals surface area contributed by atoms with Gasteiger partial charge in [-0.2, -0.15) is 0 Å². The highest BCUT2D eigenvalue weighted by Gasteiger charge is 2.19. The van der Waals surface area contributed by atoms with Crippen molar-refractivity contribution in [3.05, 3.63) is 106 Å². The first-order valence-corrected chi connectivity index (χ1v) is 13.7. The first-order valence-electron chi connectivity index (χ1n) is 11.8. The van der Waals surface area contributed by atoms with E-state index in [1.54, 1.807) is 50.4 Å². The molecule has 12 heteroatoms. The Morgan fingerprint density at radius 1 is 1.00 bits per heavy atom. The van der Waals surface area contributed by atoms with E-state index in [0.717, 1.165) is 6.08 Å². The van der Waals surface area contributed by atoms with Gasteiger partial charge in [-0.25, -0.2) is 18.9 Å². The quantitative estimate of drug-likeness (QED) is 0.131. The molecule has 4 aromatic rings. The number of carbonyl (C=O) groups excluding carboxylic acids is 2. The van der Waals surface area contributed by atoms with E-state index in [2.05, 4.69) is 20.0 Å². The lowest BCUT2D eigenvalue weighted by atomic mass is 10.1. The summed E-state index contributed by atoms with van der Waals surface area (Å²) in [6.07, 6.45) is 4.19. The second-order valence-electron chi connectivity index (χ2n) is 8.63. The smallest absolute Gasteiger partial charge is 0.267 e. The molecule has 0 unspecified atom stereocenters. The maximum atomic E-state index is 13.0. The molecule has 2 aromatic carbocycles. The Balaban J connectivity index is 1.50. The first kappa shape index (κ1) is 28.4. The van der Waals surface area contributed by atoms with Crippen LogP contribution < -0.4 is 15.5 Å². The van der Waals surface area contributed by atoms with Gasteiger partial charge in [0.1, 0.15) is 5.82 Å². The van der Waals surface area contributed by atoms with Crippen LogP contribution in [0.1, 0.15) is 27.2 Å².